The van der Waals surface area contributed by atoms with Crippen molar-refractivity contribution in [3.63, 3.8) is 0 Å². The van der Waals surface area contributed by atoms with Gasteiger partial charge in [-0.25, -0.2) is 9.18 Å². The standard InChI is InChI=1S/C24H25FN4O5/c1-14-20(23-27-22(28-34-23)16-8-9-18(32-3)19(13-16)33-4)21(15-6-5-7-17(25)12-15)26-24(30)29(14)10-11-31-2/h5-9,12-13,21H,10-11H2,1-4H3,(H,26,30). The van der Waals surface area contributed by atoms with Crippen molar-refractivity contribution >= 4 is 11.6 Å². The van der Waals surface area contributed by atoms with Crippen LogP contribution in [0.5, 0.6) is 11.5 Å². The van der Waals surface area contributed by atoms with Crippen LogP contribution in [0.25, 0.3) is 17.0 Å². The number of nitrogens with zero attached hydrogens (tertiary/aromatic N) is 3. The third-order valence-electron chi connectivity index (χ3n) is 5.60. The van der Waals surface area contributed by atoms with Crippen molar-refractivity contribution in [3.05, 3.63) is 65.4 Å². The number of halogens is 1. The fraction of sp³-hybridized carbons (Fsp3) is 0.292. The molecule has 0 bridgehead atoms. The van der Waals surface area contributed by atoms with E-state index in [2.05, 4.69) is 15.5 Å². The van der Waals surface area contributed by atoms with Gasteiger partial charge in [-0.1, -0.05) is 17.3 Å². The third kappa shape index (κ3) is 4.44. The van der Waals surface area contributed by atoms with Gasteiger partial charge in [-0.15, -0.1) is 0 Å². The van der Waals surface area contributed by atoms with Crippen molar-refractivity contribution < 1.29 is 27.9 Å². The van der Waals surface area contributed by atoms with Gasteiger partial charge in [0.15, 0.2) is 11.5 Å². The van der Waals surface area contributed by atoms with Crippen molar-refractivity contribution in [1.82, 2.24) is 20.4 Å². The maximum Gasteiger partial charge on any atom is 0.322 e. The SMILES string of the molecule is COCCN1C(=O)NC(c2cccc(F)c2)C(c2nc(-c3ccc(OC)c(OC)c3)no2)=C1C. The zero-order valence-electron chi connectivity index (χ0n) is 19.3. The molecule has 1 aliphatic rings. The minimum absolute atomic E-state index is 0.207. The predicted octanol–water partition coefficient (Wildman–Crippen LogP) is 4.04. The molecule has 0 saturated heterocycles. The van der Waals surface area contributed by atoms with Crippen molar-refractivity contribution in [2.75, 3.05) is 34.5 Å². The Hall–Kier alpha value is -3.92. The van der Waals surface area contributed by atoms with Crippen LogP contribution in [0.2, 0.25) is 0 Å². The summed E-state index contributed by atoms with van der Waals surface area (Å²) in [6.45, 7) is 2.45. The summed E-state index contributed by atoms with van der Waals surface area (Å²) in [5.41, 5.74) is 2.39. The lowest BCUT2D eigenvalue weighted by atomic mass is 9.94. The van der Waals surface area contributed by atoms with Gasteiger partial charge in [0.05, 0.1) is 39.0 Å². The Morgan fingerprint density at radius 2 is 1.91 bits per heavy atom. The number of rotatable bonds is 8. The molecule has 1 unspecified atom stereocenters. The van der Waals surface area contributed by atoms with E-state index in [9.17, 15) is 9.18 Å². The normalized spacial score (nSPS) is 16.0. The molecule has 2 heterocycles. The molecule has 10 heteroatoms. The molecule has 178 valence electrons. The Labute approximate surface area is 196 Å². The summed E-state index contributed by atoms with van der Waals surface area (Å²) in [6.07, 6.45) is 0. The van der Waals surface area contributed by atoms with Gasteiger partial charge in [0.2, 0.25) is 5.82 Å². The van der Waals surface area contributed by atoms with Crippen LogP contribution in [-0.2, 0) is 4.74 Å². The van der Waals surface area contributed by atoms with Crippen molar-refractivity contribution in [2.24, 2.45) is 0 Å². The number of aromatic nitrogens is 2. The molecule has 2 amide bonds. The summed E-state index contributed by atoms with van der Waals surface area (Å²) < 4.78 is 35.4. The smallest absolute Gasteiger partial charge is 0.322 e. The molecule has 3 aromatic rings. The highest BCUT2D eigenvalue weighted by atomic mass is 19.1. The summed E-state index contributed by atoms with van der Waals surface area (Å²) in [5.74, 6) is 1.22. The van der Waals surface area contributed by atoms with E-state index >= 15 is 0 Å². The number of nitrogens with one attached hydrogen (secondary N) is 1. The number of hydrogen-bond donors (Lipinski definition) is 1. The van der Waals surface area contributed by atoms with Crippen LogP contribution in [0.4, 0.5) is 9.18 Å². The molecule has 1 aromatic heterocycles. The molecule has 0 saturated carbocycles. The Morgan fingerprint density at radius 1 is 1.12 bits per heavy atom. The number of allylic oxidation sites excluding steroid dienone is 1. The Balaban J connectivity index is 1.79. The second-order valence-electron chi connectivity index (χ2n) is 7.57. The van der Waals surface area contributed by atoms with Gasteiger partial charge in [0.1, 0.15) is 5.82 Å². The first-order chi connectivity index (χ1) is 16.5. The highest BCUT2D eigenvalue weighted by Gasteiger charge is 2.35. The first-order valence-electron chi connectivity index (χ1n) is 10.6. The number of urea groups is 1. The van der Waals surface area contributed by atoms with Crippen molar-refractivity contribution in [2.45, 2.75) is 13.0 Å². The van der Waals surface area contributed by atoms with Gasteiger partial charge >= 0.3 is 6.03 Å². The number of carbonyl (C=O) groups is 1. The number of benzene rings is 2. The summed E-state index contributed by atoms with van der Waals surface area (Å²) in [7, 11) is 4.66. The molecule has 1 atom stereocenters. The number of ether oxygens (including phenoxy) is 3. The molecule has 0 aliphatic carbocycles. The molecule has 4 rings (SSSR count). The van der Waals surface area contributed by atoms with Crippen LogP contribution in [0.3, 0.4) is 0 Å². The summed E-state index contributed by atoms with van der Waals surface area (Å²) in [4.78, 5) is 19.0. The van der Waals surface area contributed by atoms with E-state index in [0.717, 1.165) is 0 Å². The monoisotopic (exact) mass is 468 g/mol. The first-order valence-corrected chi connectivity index (χ1v) is 10.6. The average molecular weight is 468 g/mol. The maximum atomic E-state index is 14.0. The van der Waals surface area contributed by atoms with Gasteiger partial charge in [-0.3, -0.25) is 4.90 Å². The van der Waals surface area contributed by atoms with Crippen LogP contribution >= 0.6 is 0 Å². The Morgan fingerprint density at radius 3 is 2.62 bits per heavy atom. The van der Waals surface area contributed by atoms with E-state index in [4.69, 9.17) is 18.7 Å². The van der Waals surface area contributed by atoms with E-state index in [1.165, 1.54) is 17.0 Å². The molecule has 0 spiro atoms. The lowest BCUT2D eigenvalue weighted by Gasteiger charge is -2.35. The topological polar surface area (TPSA) is 99.0 Å². The minimum Gasteiger partial charge on any atom is -0.493 e. The molecule has 34 heavy (non-hydrogen) atoms. The second kappa shape index (κ2) is 9.92. The van der Waals surface area contributed by atoms with Gasteiger partial charge in [0.25, 0.3) is 5.89 Å². The largest absolute Gasteiger partial charge is 0.493 e. The maximum absolute atomic E-state index is 14.0. The highest BCUT2D eigenvalue weighted by Crippen LogP contribution is 2.38. The number of methoxy groups -OCH3 is 3. The molecule has 9 nitrogen and oxygen atoms in total. The zero-order valence-corrected chi connectivity index (χ0v) is 19.3. The van der Waals surface area contributed by atoms with E-state index in [1.807, 2.05) is 0 Å². The third-order valence-corrected chi connectivity index (χ3v) is 5.60. The second-order valence-corrected chi connectivity index (χ2v) is 7.57. The van der Waals surface area contributed by atoms with Gasteiger partial charge in [0, 0.05) is 18.4 Å². The van der Waals surface area contributed by atoms with Crippen LogP contribution < -0.4 is 14.8 Å². The summed E-state index contributed by atoms with van der Waals surface area (Å²) >= 11 is 0. The Bertz CT molecular complexity index is 1230. The quantitative estimate of drug-likeness (QED) is 0.533. The summed E-state index contributed by atoms with van der Waals surface area (Å²) in [6, 6.07) is 10.3. The lowest BCUT2D eigenvalue weighted by molar-refractivity contribution is 0.158. The van der Waals surface area contributed by atoms with E-state index in [1.54, 1.807) is 58.6 Å². The van der Waals surface area contributed by atoms with Gasteiger partial charge in [-0.05, 0) is 42.8 Å². The molecular weight excluding hydrogens is 443 g/mol. The molecule has 1 aliphatic heterocycles. The first kappa shape index (κ1) is 23.2. The predicted molar refractivity (Wildman–Crippen MR) is 122 cm³/mol. The number of hydrogen-bond acceptors (Lipinski definition) is 7. The fourth-order valence-corrected chi connectivity index (χ4v) is 3.87. The summed E-state index contributed by atoms with van der Waals surface area (Å²) in [5, 5.41) is 7.06. The number of carbonyl (C=O) groups excluding carboxylic acids is 1. The molecule has 1 N–H and O–H groups in total. The van der Waals surface area contributed by atoms with E-state index in [0.29, 0.717) is 52.9 Å². The van der Waals surface area contributed by atoms with E-state index < -0.39 is 11.9 Å². The fourth-order valence-electron chi connectivity index (χ4n) is 3.87. The molecule has 0 fully saturated rings. The zero-order chi connectivity index (χ0) is 24.2. The molecule has 0 radical (unpaired) electrons. The van der Waals surface area contributed by atoms with Gasteiger partial charge in [-0.2, -0.15) is 4.98 Å². The Kier molecular flexibility index (Phi) is 6.78. The van der Waals surface area contributed by atoms with E-state index in [-0.39, 0.29) is 11.9 Å². The minimum atomic E-state index is -0.680. The number of amides is 2. The molecule has 2 aromatic carbocycles. The van der Waals surface area contributed by atoms with Crippen molar-refractivity contribution in [3.8, 4) is 22.9 Å². The van der Waals surface area contributed by atoms with Crippen LogP contribution in [0.15, 0.2) is 52.7 Å². The van der Waals surface area contributed by atoms with Crippen LogP contribution in [0, 0.1) is 5.82 Å². The van der Waals surface area contributed by atoms with Crippen LogP contribution in [-0.4, -0.2) is 55.6 Å². The molecular formula is C24H25FN4O5. The average Bonchev–Trinajstić information content (AvgIpc) is 3.33. The van der Waals surface area contributed by atoms with Crippen molar-refractivity contribution in [1.29, 1.82) is 0 Å². The van der Waals surface area contributed by atoms with Gasteiger partial charge < -0.3 is 24.1 Å². The lowest BCUT2D eigenvalue weighted by Crippen LogP contribution is -2.47. The highest BCUT2D eigenvalue weighted by molar-refractivity contribution is 5.86. The van der Waals surface area contributed by atoms with Crippen LogP contribution in [0.1, 0.15) is 24.4 Å².